The van der Waals surface area contributed by atoms with Gasteiger partial charge in [0.1, 0.15) is 12.1 Å². The van der Waals surface area contributed by atoms with Crippen molar-refractivity contribution in [2.24, 2.45) is 0 Å². The number of hydrogen-bond donors (Lipinski definition) is 0. The van der Waals surface area contributed by atoms with Gasteiger partial charge in [0.25, 0.3) is 11.8 Å². The number of benzene rings is 2. The molecular formula is C26H22N6O3. The first kappa shape index (κ1) is 21.0. The van der Waals surface area contributed by atoms with Crippen molar-refractivity contribution in [3.05, 3.63) is 83.1 Å². The van der Waals surface area contributed by atoms with Crippen molar-refractivity contribution in [3.8, 4) is 11.4 Å². The van der Waals surface area contributed by atoms with Crippen molar-refractivity contribution in [2.75, 3.05) is 13.7 Å². The lowest BCUT2D eigenvalue weighted by Gasteiger charge is -2.11. The van der Waals surface area contributed by atoms with Crippen LogP contribution in [0.5, 0.6) is 5.75 Å². The van der Waals surface area contributed by atoms with E-state index < -0.39 is 0 Å². The molecule has 0 unspecified atom stereocenters. The van der Waals surface area contributed by atoms with Crippen LogP contribution in [0.15, 0.2) is 54.9 Å². The Morgan fingerprint density at radius 2 is 1.69 bits per heavy atom. The maximum atomic E-state index is 12.7. The van der Waals surface area contributed by atoms with Crippen LogP contribution in [0.25, 0.3) is 22.4 Å². The molecule has 0 aliphatic carbocycles. The predicted molar refractivity (Wildman–Crippen MR) is 129 cm³/mol. The smallest absolute Gasteiger partial charge is 0.261 e. The van der Waals surface area contributed by atoms with Gasteiger partial charge in [-0.2, -0.15) is 0 Å². The van der Waals surface area contributed by atoms with Gasteiger partial charge in [-0.25, -0.2) is 14.5 Å². The summed E-state index contributed by atoms with van der Waals surface area (Å²) in [5.41, 5.74) is 5.40. The Morgan fingerprint density at radius 3 is 2.40 bits per heavy atom. The highest BCUT2D eigenvalue weighted by molar-refractivity contribution is 6.21. The third kappa shape index (κ3) is 3.12. The summed E-state index contributed by atoms with van der Waals surface area (Å²) >= 11 is 0. The normalized spacial score (nSPS) is 13.3. The van der Waals surface area contributed by atoms with E-state index in [9.17, 15) is 9.59 Å². The fourth-order valence-electron chi connectivity index (χ4n) is 4.73. The van der Waals surface area contributed by atoms with Crippen molar-refractivity contribution in [1.82, 2.24) is 29.0 Å². The molecule has 0 saturated heterocycles. The van der Waals surface area contributed by atoms with E-state index in [0.29, 0.717) is 29.0 Å². The number of aromatic nitrogens is 5. The molecule has 1 aliphatic heterocycles. The number of methoxy groups -OCH3 is 1. The Bertz CT molecular complexity index is 1630. The lowest BCUT2D eigenvalue weighted by atomic mass is 10.1. The minimum atomic E-state index is -0.278. The van der Waals surface area contributed by atoms with Gasteiger partial charge in [-0.3, -0.25) is 19.1 Å². The van der Waals surface area contributed by atoms with Crippen LogP contribution in [0.1, 0.15) is 37.8 Å². The third-order valence-corrected chi connectivity index (χ3v) is 6.63. The van der Waals surface area contributed by atoms with Crippen molar-refractivity contribution in [2.45, 2.75) is 20.3 Å². The van der Waals surface area contributed by atoms with E-state index in [0.717, 1.165) is 33.7 Å². The predicted octanol–water partition coefficient (Wildman–Crippen LogP) is 3.53. The van der Waals surface area contributed by atoms with Gasteiger partial charge in [0.15, 0.2) is 17.1 Å². The molecule has 2 aromatic carbocycles. The van der Waals surface area contributed by atoms with Gasteiger partial charge in [-0.05, 0) is 43.7 Å². The molecule has 4 heterocycles. The molecule has 9 nitrogen and oxygen atoms in total. The van der Waals surface area contributed by atoms with E-state index in [-0.39, 0.29) is 18.4 Å². The van der Waals surface area contributed by atoms with E-state index in [1.54, 1.807) is 42.2 Å². The number of carbonyl (C=O) groups excluding carboxylic acids is 2. The molecule has 0 fully saturated rings. The number of ether oxygens (including phenoxy) is 1. The molecule has 2 amide bonds. The Morgan fingerprint density at radius 1 is 0.943 bits per heavy atom. The second kappa shape index (κ2) is 7.76. The summed E-state index contributed by atoms with van der Waals surface area (Å²) in [6, 6.07) is 14.7. The van der Waals surface area contributed by atoms with Crippen molar-refractivity contribution < 1.29 is 14.3 Å². The lowest BCUT2D eigenvalue weighted by Crippen LogP contribution is -2.31. The van der Waals surface area contributed by atoms with Gasteiger partial charge in [-0.15, -0.1) is 5.10 Å². The number of aryl methyl sites for hydroxylation is 1. The zero-order valence-corrected chi connectivity index (χ0v) is 19.5. The Hall–Kier alpha value is -4.53. The first-order valence-electron chi connectivity index (χ1n) is 11.3. The van der Waals surface area contributed by atoms with Gasteiger partial charge >= 0.3 is 0 Å². The van der Waals surface area contributed by atoms with Crippen molar-refractivity contribution >= 4 is 28.5 Å². The largest absolute Gasteiger partial charge is 0.497 e. The van der Waals surface area contributed by atoms with E-state index >= 15 is 0 Å². The van der Waals surface area contributed by atoms with Gasteiger partial charge in [0.05, 0.1) is 29.3 Å². The zero-order chi connectivity index (χ0) is 24.3. The molecule has 9 heteroatoms. The second-order valence-corrected chi connectivity index (χ2v) is 8.54. The van der Waals surface area contributed by atoms with Gasteiger partial charge in [0.2, 0.25) is 0 Å². The van der Waals surface area contributed by atoms with E-state index in [1.165, 1.54) is 4.90 Å². The average molecular weight is 467 g/mol. The van der Waals surface area contributed by atoms with Gasteiger partial charge in [0, 0.05) is 24.7 Å². The van der Waals surface area contributed by atoms with Crippen LogP contribution in [0, 0.1) is 13.8 Å². The average Bonchev–Trinajstić information content (AvgIpc) is 3.49. The van der Waals surface area contributed by atoms with Crippen LogP contribution in [-0.4, -0.2) is 54.5 Å². The van der Waals surface area contributed by atoms with E-state index in [1.807, 2.05) is 38.1 Å². The number of imide groups is 1. The molecule has 174 valence electrons. The van der Waals surface area contributed by atoms with Crippen LogP contribution < -0.4 is 4.74 Å². The van der Waals surface area contributed by atoms with Crippen LogP contribution in [0.4, 0.5) is 0 Å². The number of nitrogens with zero attached hydrogens (tertiary/aromatic N) is 6. The number of rotatable bonds is 5. The van der Waals surface area contributed by atoms with Crippen LogP contribution in [0.3, 0.4) is 0 Å². The Labute approximate surface area is 200 Å². The van der Waals surface area contributed by atoms with Crippen LogP contribution in [-0.2, 0) is 6.42 Å². The fourth-order valence-corrected chi connectivity index (χ4v) is 4.73. The molecule has 0 radical (unpaired) electrons. The minimum Gasteiger partial charge on any atom is -0.497 e. The summed E-state index contributed by atoms with van der Waals surface area (Å²) in [6.07, 6.45) is 2.00. The molecule has 0 atom stereocenters. The summed E-state index contributed by atoms with van der Waals surface area (Å²) in [7, 11) is 1.65. The summed E-state index contributed by atoms with van der Waals surface area (Å²) in [4.78, 5) is 36.1. The quantitative estimate of drug-likeness (QED) is 0.368. The van der Waals surface area contributed by atoms with Crippen molar-refractivity contribution in [1.29, 1.82) is 0 Å². The highest BCUT2D eigenvalue weighted by atomic mass is 16.5. The standard InChI is InChI=1S/C26H22N6O3/c1-15-16(2)32(17-7-6-8-18(13-17)35-3)23-22(15)24-28-21(29-31(24)14-27-23)11-12-30-25(33)19-9-4-5-10-20(19)26(30)34/h4-10,13-14H,11-12H2,1-3H3. The highest BCUT2D eigenvalue weighted by Crippen LogP contribution is 2.31. The SMILES string of the molecule is COc1cccc(-n2c(C)c(C)c3c2ncn2nc(CCN4C(=O)c5ccccc5C4=O)nc32)c1. The number of carbonyl (C=O) groups is 2. The Balaban J connectivity index is 1.36. The number of hydrogen-bond acceptors (Lipinski definition) is 6. The first-order chi connectivity index (χ1) is 17.0. The number of amides is 2. The van der Waals surface area contributed by atoms with Gasteiger partial charge in [-0.1, -0.05) is 18.2 Å². The van der Waals surface area contributed by atoms with Crippen LogP contribution in [0.2, 0.25) is 0 Å². The molecule has 0 bridgehead atoms. The van der Waals surface area contributed by atoms with Gasteiger partial charge < -0.3 is 4.74 Å². The summed E-state index contributed by atoms with van der Waals surface area (Å²) in [5, 5.41) is 5.48. The molecule has 0 spiro atoms. The molecular weight excluding hydrogens is 444 g/mol. The third-order valence-electron chi connectivity index (χ3n) is 6.63. The molecule has 0 saturated carbocycles. The number of fused-ring (bicyclic) bond motifs is 4. The molecule has 3 aromatic heterocycles. The summed E-state index contributed by atoms with van der Waals surface area (Å²) in [6.45, 7) is 4.30. The van der Waals surface area contributed by atoms with Crippen LogP contribution >= 0.6 is 0 Å². The van der Waals surface area contributed by atoms with E-state index in [2.05, 4.69) is 14.6 Å². The van der Waals surface area contributed by atoms with E-state index in [4.69, 9.17) is 9.72 Å². The summed E-state index contributed by atoms with van der Waals surface area (Å²) < 4.78 is 9.14. The van der Waals surface area contributed by atoms with Crippen molar-refractivity contribution in [3.63, 3.8) is 0 Å². The molecule has 6 rings (SSSR count). The second-order valence-electron chi connectivity index (χ2n) is 8.54. The first-order valence-corrected chi connectivity index (χ1v) is 11.3. The highest BCUT2D eigenvalue weighted by Gasteiger charge is 2.34. The maximum Gasteiger partial charge on any atom is 0.261 e. The molecule has 5 aromatic rings. The summed E-state index contributed by atoms with van der Waals surface area (Å²) in [5.74, 6) is 0.753. The minimum absolute atomic E-state index is 0.211. The lowest BCUT2D eigenvalue weighted by molar-refractivity contribution is 0.0655. The maximum absolute atomic E-state index is 12.7. The topological polar surface area (TPSA) is 94.6 Å². The molecule has 1 aliphatic rings. The molecule has 0 N–H and O–H groups in total. The zero-order valence-electron chi connectivity index (χ0n) is 19.5. The molecule has 35 heavy (non-hydrogen) atoms. The monoisotopic (exact) mass is 466 g/mol. The fraction of sp³-hybridized carbons (Fsp3) is 0.192. The Kier molecular flexibility index (Phi) is 4.67.